The molecule has 1 heterocycles. The fourth-order valence-corrected chi connectivity index (χ4v) is 1.91. The Bertz CT molecular complexity index is 147. The van der Waals surface area contributed by atoms with E-state index in [9.17, 15) is 4.79 Å². The molecule has 1 saturated heterocycles. The van der Waals surface area contributed by atoms with Crippen LogP contribution in [0.4, 0.5) is 0 Å². The van der Waals surface area contributed by atoms with Gasteiger partial charge in [0.1, 0.15) is 6.29 Å². The third-order valence-corrected chi connectivity index (χ3v) is 2.85. The maximum Gasteiger partial charge on any atom is 0.122 e. The number of carbonyl (C=O) groups is 1. The van der Waals surface area contributed by atoms with E-state index >= 15 is 0 Å². The molecule has 98 valence electrons. The van der Waals surface area contributed by atoms with Crippen LogP contribution in [0, 0.1) is 11.8 Å². The fourth-order valence-electron chi connectivity index (χ4n) is 1.91. The van der Waals surface area contributed by atoms with Crippen LogP contribution in [-0.2, 0) is 4.79 Å². The number of hydrogen-bond donors (Lipinski definition) is 0. The molecule has 0 saturated carbocycles. The summed E-state index contributed by atoms with van der Waals surface area (Å²) in [4.78, 5) is 12.0. The molecule has 1 fully saturated rings. The van der Waals surface area contributed by atoms with Crippen LogP contribution in [0.3, 0.4) is 0 Å². The van der Waals surface area contributed by atoms with Gasteiger partial charge in [0, 0.05) is 12.0 Å². The highest BCUT2D eigenvalue weighted by Gasteiger charge is 2.25. The van der Waals surface area contributed by atoms with Gasteiger partial charge in [-0.2, -0.15) is 0 Å². The average Bonchev–Trinajstić information content (AvgIpc) is 2.61. The molecule has 2 nitrogen and oxygen atoms in total. The van der Waals surface area contributed by atoms with E-state index in [0.29, 0.717) is 0 Å². The lowest BCUT2D eigenvalue weighted by Crippen LogP contribution is -2.27. The van der Waals surface area contributed by atoms with Crippen molar-refractivity contribution in [3.63, 3.8) is 0 Å². The summed E-state index contributed by atoms with van der Waals surface area (Å²) in [5.41, 5.74) is 0. The maximum atomic E-state index is 9.50. The quantitative estimate of drug-likeness (QED) is 0.674. The van der Waals surface area contributed by atoms with E-state index in [1.807, 2.05) is 27.7 Å². The second kappa shape index (κ2) is 11.1. The molecule has 1 aliphatic rings. The molecule has 1 rings (SSSR count). The van der Waals surface area contributed by atoms with Gasteiger partial charge in [-0.05, 0) is 32.4 Å². The van der Waals surface area contributed by atoms with Crippen molar-refractivity contribution in [3.05, 3.63) is 0 Å². The number of likely N-dealkylation sites (tertiary alicyclic amines) is 1. The highest BCUT2D eigenvalue weighted by Crippen LogP contribution is 2.23. The summed E-state index contributed by atoms with van der Waals surface area (Å²) in [5, 5.41) is 0. The molecular formula is C14H31NO. The Kier molecular flexibility index (Phi) is 12.5. The smallest absolute Gasteiger partial charge is 0.122 e. The molecule has 0 N–H and O–H groups in total. The normalized spacial score (nSPS) is 24.2. The van der Waals surface area contributed by atoms with Crippen molar-refractivity contribution in [3.8, 4) is 0 Å². The van der Waals surface area contributed by atoms with Crippen LogP contribution in [0.25, 0.3) is 0 Å². The molecular weight excluding hydrogens is 198 g/mol. The van der Waals surface area contributed by atoms with E-state index in [1.54, 1.807) is 0 Å². The first kappa shape index (κ1) is 18.0. The topological polar surface area (TPSA) is 20.3 Å². The minimum atomic E-state index is 0.204. The van der Waals surface area contributed by atoms with Crippen molar-refractivity contribution in [1.29, 1.82) is 0 Å². The molecule has 0 aromatic heterocycles. The number of carbonyl (C=O) groups excluding carboxylic acids is 1. The third kappa shape index (κ3) is 7.86. The summed E-state index contributed by atoms with van der Waals surface area (Å²) >= 11 is 0. The number of aldehydes is 1. The molecule has 0 spiro atoms. The zero-order valence-electron chi connectivity index (χ0n) is 12.3. The van der Waals surface area contributed by atoms with Gasteiger partial charge >= 0.3 is 0 Å². The van der Waals surface area contributed by atoms with Gasteiger partial charge in [-0.1, -0.05) is 41.5 Å². The first-order valence-electron chi connectivity index (χ1n) is 6.68. The van der Waals surface area contributed by atoms with Gasteiger partial charge in [0.15, 0.2) is 0 Å². The summed E-state index contributed by atoms with van der Waals surface area (Å²) in [6, 6.07) is 0.866. The Morgan fingerprint density at radius 2 is 1.81 bits per heavy atom. The molecule has 2 unspecified atom stereocenters. The SMILES string of the molecule is CC.CC(C)C=O.CCC1C(C)CCN1C. The Labute approximate surface area is 102 Å². The van der Waals surface area contributed by atoms with Gasteiger partial charge in [-0.25, -0.2) is 0 Å². The van der Waals surface area contributed by atoms with E-state index in [2.05, 4.69) is 25.8 Å². The fraction of sp³-hybridized carbons (Fsp3) is 0.929. The highest BCUT2D eigenvalue weighted by atomic mass is 16.1. The minimum absolute atomic E-state index is 0.204. The van der Waals surface area contributed by atoms with Gasteiger partial charge in [0.05, 0.1) is 0 Å². The molecule has 0 aliphatic carbocycles. The van der Waals surface area contributed by atoms with Gasteiger partial charge in [0.2, 0.25) is 0 Å². The summed E-state index contributed by atoms with van der Waals surface area (Å²) < 4.78 is 0. The molecule has 1 aliphatic heterocycles. The molecule has 0 bridgehead atoms. The standard InChI is InChI=1S/C8H17N.C4H8O.C2H6/c1-4-8-7(2)5-6-9(8)3;1-4(2)3-5;1-2/h7-8H,4-6H2,1-3H3;3-4H,1-2H3;1-2H3. The summed E-state index contributed by atoms with van der Waals surface area (Å²) in [6.07, 6.45) is 3.63. The summed E-state index contributed by atoms with van der Waals surface area (Å²) in [6.45, 7) is 13.7. The highest BCUT2D eigenvalue weighted by molar-refractivity contribution is 5.51. The molecule has 0 aromatic carbocycles. The van der Waals surface area contributed by atoms with E-state index in [4.69, 9.17) is 0 Å². The summed E-state index contributed by atoms with van der Waals surface area (Å²) in [5.74, 6) is 1.13. The molecule has 2 heteroatoms. The zero-order chi connectivity index (χ0) is 13.1. The monoisotopic (exact) mass is 229 g/mol. The predicted molar refractivity (Wildman–Crippen MR) is 72.7 cm³/mol. The third-order valence-electron chi connectivity index (χ3n) is 2.85. The van der Waals surface area contributed by atoms with Crippen LogP contribution >= 0.6 is 0 Å². The predicted octanol–water partition coefficient (Wildman–Crippen LogP) is 3.60. The van der Waals surface area contributed by atoms with Crippen LogP contribution in [0.15, 0.2) is 0 Å². The lowest BCUT2D eigenvalue weighted by Gasteiger charge is -2.20. The second-order valence-electron chi connectivity index (χ2n) is 4.60. The van der Waals surface area contributed by atoms with Gasteiger partial charge in [-0.15, -0.1) is 0 Å². The molecule has 16 heavy (non-hydrogen) atoms. The lowest BCUT2D eigenvalue weighted by molar-refractivity contribution is -0.110. The minimum Gasteiger partial charge on any atom is -0.303 e. The van der Waals surface area contributed by atoms with Crippen LogP contribution in [0.5, 0.6) is 0 Å². The number of nitrogens with zero attached hydrogens (tertiary/aromatic N) is 1. The van der Waals surface area contributed by atoms with Crippen molar-refractivity contribution in [2.45, 2.75) is 60.4 Å². The van der Waals surface area contributed by atoms with Crippen molar-refractivity contribution >= 4 is 6.29 Å². The van der Waals surface area contributed by atoms with Crippen molar-refractivity contribution in [2.75, 3.05) is 13.6 Å². The van der Waals surface area contributed by atoms with E-state index in [-0.39, 0.29) is 5.92 Å². The Morgan fingerprint density at radius 3 is 1.94 bits per heavy atom. The van der Waals surface area contributed by atoms with Crippen LogP contribution in [-0.4, -0.2) is 30.8 Å². The first-order valence-corrected chi connectivity index (χ1v) is 6.68. The van der Waals surface area contributed by atoms with Crippen LogP contribution in [0.2, 0.25) is 0 Å². The first-order chi connectivity index (χ1) is 7.52. The van der Waals surface area contributed by atoms with Crippen LogP contribution in [0.1, 0.15) is 54.4 Å². The van der Waals surface area contributed by atoms with Crippen molar-refractivity contribution in [1.82, 2.24) is 4.90 Å². The largest absolute Gasteiger partial charge is 0.303 e. The van der Waals surface area contributed by atoms with Crippen molar-refractivity contribution in [2.24, 2.45) is 11.8 Å². The Morgan fingerprint density at radius 1 is 1.38 bits per heavy atom. The zero-order valence-corrected chi connectivity index (χ0v) is 12.3. The lowest BCUT2D eigenvalue weighted by atomic mass is 10.0. The van der Waals surface area contributed by atoms with Crippen molar-refractivity contribution < 1.29 is 4.79 Å². The number of rotatable bonds is 2. The van der Waals surface area contributed by atoms with Gasteiger partial charge in [-0.3, -0.25) is 0 Å². The molecule has 2 atom stereocenters. The second-order valence-corrected chi connectivity index (χ2v) is 4.60. The Hall–Kier alpha value is -0.370. The Balaban J connectivity index is 0. The van der Waals surface area contributed by atoms with E-state index in [0.717, 1.165) is 18.2 Å². The van der Waals surface area contributed by atoms with Gasteiger partial charge < -0.3 is 9.69 Å². The number of hydrogen-bond acceptors (Lipinski definition) is 2. The van der Waals surface area contributed by atoms with Crippen LogP contribution < -0.4 is 0 Å². The molecule has 0 aromatic rings. The van der Waals surface area contributed by atoms with E-state index in [1.165, 1.54) is 19.4 Å². The summed E-state index contributed by atoms with van der Waals surface area (Å²) in [7, 11) is 2.23. The van der Waals surface area contributed by atoms with Gasteiger partial charge in [0.25, 0.3) is 0 Å². The maximum absolute atomic E-state index is 9.50. The molecule has 0 amide bonds. The van der Waals surface area contributed by atoms with E-state index < -0.39 is 0 Å². The molecule has 0 radical (unpaired) electrons. The average molecular weight is 229 g/mol.